The molecule has 0 unspecified atom stereocenters. The van der Waals surface area contributed by atoms with Gasteiger partial charge in [0.25, 0.3) is 16.8 Å². The van der Waals surface area contributed by atoms with Crippen molar-refractivity contribution in [3.05, 3.63) is 90.5 Å². The second-order valence-corrected chi connectivity index (χ2v) is 9.20. The summed E-state index contributed by atoms with van der Waals surface area (Å²) in [7, 11) is 0. The molecule has 162 valence electrons. The number of aryl methyl sites for hydroxylation is 1. The number of rotatable bonds is 5. The van der Waals surface area contributed by atoms with Gasteiger partial charge in [0.15, 0.2) is 0 Å². The number of hydrogen-bond donors (Lipinski definition) is 0. The Morgan fingerprint density at radius 1 is 1.16 bits per heavy atom. The largest absolute Gasteiger partial charge is 0.457 e. The van der Waals surface area contributed by atoms with Crippen molar-refractivity contribution in [1.29, 1.82) is 0 Å². The van der Waals surface area contributed by atoms with Gasteiger partial charge >= 0.3 is 0 Å². The van der Waals surface area contributed by atoms with Crippen LogP contribution in [0.25, 0.3) is 17.4 Å². The SMILES string of the molecule is Cc1cc(-c2ccc(/C=C3/SC(=O)N(Cc4cccc(Br)c4)C3=O)o2)cc([N+](=O)[O-])c1C. The molecule has 9 heteroatoms. The molecule has 0 atom stereocenters. The number of furan rings is 1. The maximum atomic E-state index is 12.8. The quantitative estimate of drug-likeness (QED) is 0.221. The van der Waals surface area contributed by atoms with E-state index >= 15 is 0 Å². The molecule has 7 nitrogen and oxygen atoms in total. The number of carbonyl (C=O) groups excluding carboxylic acids is 2. The number of imide groups is 1. The molecular formula is C23H17BrN2O5S. The number of nitro benzene ring substituents is 1. The van der Waals surface area contributed by atoms with E-state index in [1.165, 1.54) is 17.0 Å². The second-order valence-electron chi connectivity index (χ2n) is 7.29. The summed E-state index contributed by atoms with van der Waals surface area (Å²) in [6.45, 7) is 3.68. The average Bonchev–Trinajstić information content (AvgIpc) is 3.30. The van der Waals surface area contributed by atoms with E-state index in [2.05, 4.69) is 15.9 Å². The van der Waals surface area contributed by atoms with E-state index in [1.54, 1.807) is 26.0 Å². The topological polar surface area (TPSA) is 93.7 Å². The monoisotopic (exact) mass is 512 g/mol. The Morgan fingerprint density at radius 2 is 1.94 bits per heavy atom. The minimum absolute atomic E-state index is 0.0200. The molecule has 4 rings (SSSR count). The molecule has 1 fully saturated rings. The molecule has 0 aliphatic carbocycles. The van der Waals surface area contributed by atoms with Gasteiger partial charge in [0.2, 0.25) is 0 Å². The highest BCUT2D eigenvalue weighted by Gasteiger charge is 2.35. The maximum absolute atomic E-state index is 12.8. The average molecular weight is 513 g/mol. The van der Waals surface area contributed by atoms with Gasteiger partial charge in [-0.1, -0.05) is 28.1 Å². The van der Waals surface area contributed by atoms with Gasteiger partial charge in [-0.15, -0.1) is 0 Å². The summed E-state index contributed by atoms with van der Waals surface area (Å²) in [5.74, 6) is 0.435. The van der Waals surface area contributed by atoms with Crippen molar-refractivity contribution in [3.63, 3.8) is 0 Å². The van der Waals surface area contributed by atoms with Gasteiger partial charge < -0.3 is 4.42 Å². The molecule has 1 aromatic heterocycles. The van der Waals surface area contributed by atoms with Gasteiger partial charge in [0.1, 0.15) is 11.5 Å². The first-order chi connectivity index (χ1) is 15.2. The Morgan fingerprint density at radius 3 is 2.66 bits per heavy atom. The lowest BCUT2D eigenvalue weighted by atomic mass is 10.0. The molecule has 0 radical (unpaired) electrons. The van der Waals surface area contributed by atoms with Crippen molar-refractivity contribution in [3.8, 4) is 11.3 Å². The Balaban J connectivity index is 1.58. The van der Waals surface area contributed by atoms with Crippen molar-refractivity contribution in [1.82, 2.24) is 4.90 Å². The lowest BCUT2D eigenvalue weighted by Gasteiger charge is -2.12. The molecule has 32 heavy (non-hydrogen) atoms. The van der Waals surface area contributed by atoms with Gasteiger partial charge in [0, 0.05) is 27.7 Å². The van der Waals surface area contributed by atoms with Crippen LogP contribution in [0.15, 0.2) is 62.3 Å². The highest BCUT2D eigenvalue weighted by molar-refractivity contribution is 9.10. The van der Waals surface area contributed by atoms with Crippen molar-refractivity contribution in [2.24, 2.45) is 0 Å². The summed E-state index contributed by atoms with van der Waals surface area (Å²) in [4.78, 5) is 37.5. The highest BCUT2D eigenvalue weighted by Crippen LogP contribution is 2.35. The number of halogens is 1. The van der Waals surface area contributed by atoms with Crippen LogP contribution in [-0.4, -0.2) is 21.0 Å². The van der Waals surface area contributed by atoms with Crippen LogP contribution in [0.2, 0.25) is 0 Å². The third-order valence-electron chi connectivity index (χ3n) is 5.12. The molecule has 2 aromatic carbocycles. The van der Waals surface area contributed by atoms with Crippen LogP contribution in [0, 0.1) is 24.0 Å². The van der Waals surface area contributed by atoms with Crippen LogP contribution >= 0.6 is 27.7 Å². The summed E-state index contributed by atoms with van der Waals surface area (Å²) < 4.78 is 6.68. The molecule has 2 heterocycles. The van der Waals surface area contributed by atoms with Crippen LogP contribution in [0.1, 0.15) is 22.5 Å². The summed E-state index contributed by atoms with van der Waals surface area (Å²) in [6, 6.07) is 14.1. The molecular weight excluding hydrogens is 496 g/mol. The number of amides is 2. The van der Waals surface area contributed by atoms with E-state index in [0.717, 1.165) is 27.4 Å². The molecule has 0 spiro atoms. The third-order valence-corrected chi connectivity index (χ3v) is 6.53. The van der Waals surface area contributed by atoms with Crippen molar-refractivity contribution in [2.75, 3.05) is 0 Å². The molecule has 0 bridgehead atoms. The summed E-state index contributed by atoms with van der Waals surface area (Å²) in [5.41, 5.74) is 2.80. The Labute approximate surface area is 196 Å². The summed E-state index contributed by atoms with van der Waals surface area (Å²) in [6.07, 6.45) is 1.52. The minimum atomic E-state index is -0.420. The number of carbonyl (C=O) groups is 2. The van der Waals surface area contributed by atoms with Crippen LogP contribution in [0.4, 0.5) is 10.5 Å². The molecule has 0 saturated carbocycles. The van der Waals surface area contributed by atoms with Gasteiger partial charge in [-0.2, -0.15) is 0 Å². The fraction of sp³-hybridized carbons (Fsp3) is 0.130. The molecule has 1 saturated heterocycles. The molecule has 1 aliphatic heterocycles. The van der Waals surface area contributed by atoms with E-state index in [9.17, 15) is 19.7 Å². The van der Waals surface area contributed by atoms with Crippen LogP contribution in [-0.2, 0) is 11.3 Å². The zero-order chi connectivity index (χ0) is 23.0. The molecule has 2 amide bonds. The van der Waals surface area contributed by atoms with E-state index in [4.69, 9.17) is 4.42 Å². The van der Waals surface area contributed by atoms with Gasteiger partial charge in [0.05, 0.1) is 16.4 Å². The number of nitrogens with zero attached hydrogens (tertiary/aromatic N) is 2. The fourth-order valence-corrected chi connectivity index (χ4v) is 4.61. The Kier molecular flexibility index (Phi) is 6.03. The third kappa shape index (κ3) is 4.39. The zero-order valence-corrected chi connectivity index (χ0v) is 19.5. The first-order valence-corrected chi connectivity index (χ1v) is 11.2. The number of thioether (sulfide) groups is 1. The van der Waals surface area contributed by atoms with Crippen LogP contribution < -0.4 is 0 Å². The first-order valence-electron chi connectivity index (χ1n) is 9.58. The van der Waals surface area contributed by atoms with E-state index in [1.807, 2.05) is 30.3 Å². The van der Waals surface area contributed by atoms with Gasteiger partial charge in [-0.3, -0.25) is 24.6 Å². The van der Waals surface area contributed by atoms with Crippen molar-refractivity contribution in [2.45, 2.75) is 20.4 Å². The van der Waals surface area contributed by atoms with Crippen LogP contribution in [0.5, 0.6) is 0 Å². The standard InChI is InChI=1S/C23H17BrN2O5S/c1-13-8-16(10-19(14(13)2)26(29)30)20-7-6-18(31-20)11-21-22(27)25(23(28)32-21)12-15-4-3-5-17(24)9-15/h3-11H,12H2,1-2H3/b21-11+. The van der Waals surface area contributed by atoms with Gasteiger partial charge in [-0.25, -0.2) is 0 Å². The predicted octanol–water partition coefficient (Wildman–Crippen LogP) is 6.47. The molecule has 3 aromatic rings. The van der Waals surface area contributed by atoms with Gasteiger partial charge in [-0.05, 0) is 67.1 Å². The highest BCUT2D eigenvalue weighted by atomic mass is 79.9. The molecule has 0 N–H and O–H groups in total. The normalized spacial score (nSPS) is 15.1. The summed E-state index contributed by atoms with van der Waals surface area (Å²) in [5, 5.41) is 11.0. The summed E-state index contributed by atoms with van der Waals surface area (Å²) >= 11 is 4.24. The van der Waals surface area contributed by atoms with E-state index in [-0.39, 0.29) is 28.3 Å². The molecule has 1 aliphatic rings. The Hall–Kier alpha value is -3.17. The van der Waals surface area contributed by atoms with E-state index in [0.29, 0.717) is 22.6 Å². The lowest BCUT2D eigenvalue weighted by Crippen LogP contribution is -2.27. The first kappa shape index (κ1) is 22.0. The zero-order valence-electron chi connectivity index (χ0n) is 17.1. The predicted molar refractivity (Wildman–Crippen MR) is 126 cm³/mol. The maximum Gasteiger partial charge on any atom is 0.293 e. The lowest BCUT2D eigenvalue weighted by molar-refractivity contribution is -0.385. The minimum Gasteiger partial charge on any atom is -0.457 e. The van der Waals surface area contributed by atoms with Crippen LogP contribution in [0.3, 0.4) is 0 Å². The Bertz CT molecular complexity index is 1300. The second kappa shape index (κ2) is 8.76. The number of nitro groups is 1. The fourth-order valence-electron chi connectivity index (χ4n) is 3.34. The smallest absolute Gasteiger partial charge is 0.293 e. The van der Waals surface area contributed by atoms with Crippen molar-refractivity contribution < 1.29 is 18.9 Å². The van der Waals surface area contributed by atoms with Crippen molar-refractivity contribution >= 4 is 50.6 Å². The number of benzene rings is 2. The van der Waals surface area contributed by atoms with E-state index < -0.39 is 4.92 Å². The number of hydrogen-bond acceptors (Lipinski definition) is 6.